The number of carbonyl (C=O) groups is 1. The van der Waals surface area contributed by atoms with Crippen LogP contribution < -0.4 is 19.5 Å². The summed E-state index contributed by atoms with van der Waals surface area (Å²) in [7, 11) is 3.08. The van der Waals surface area contributed by atoms with Crippen molar-refractivity contribution in [1.82, 2.24) is 29.5 Å². The number of methoxy groups -OCH3 is 2. The molecule has 0 saturated heterocycles. The second kappa shape index (κ2) is 8.98. The number of pyridine rings is 1. The molecule has 34 heavy (non-hydrogen) atoms. The largest absolute Gasteiger partial charge is 0.495 e. The Labute approximate surface area is 196 Å². The van der Waals surface area contributed by atoms with Gasteiger partial charge in [-0.05, 0) is 23.5 Å². The predicted octanol–water partition coefficient (Wildman–Crippen LogP) is 2.96. The van der Waals surface area contributed by atoms with Crippen LogP contribution in [-0.4, -0.2) is 50.9 Å². The molecule has 174 valence electrons. The molecular formula is C22H19FN6O4S. The van der Waals surface area contributed by atoms with Crippen LogP contribution in [0.2, 0.25) is 0 Å². The zero-order chi connectivity index (χ0) is 23.7. The predicted molar refractivity (Wildman–Crippen MR) is 122 cm³/mol. The van der Waals surface area contributed by atoms with E-state index < -0.39 is 5.91 Å². The number of carbonyl (C=O) groups excluding carboxylic acids is 1. The fourth-order valence-electron chi connectivity index (χ4n) is 3.31. The second-order valence-electron chi connectivity index (χ2n) is 7.19. The number of aromatic nitrogens is 5. The number of imidazole rings is 1. The lowest BCUT2D eigenvalue weighted by Crippen LogP contribution is -2.28. The number of rotatable bonds is 8. The van der Waals surface area contributed by atoms with Gasteiger partial charge in [-0.1, -0.05) is 18.2 Å². The summed E-state index contributed by atoms with van der Waals surface area (Å²) in [5, 5.41) is 12.0. The third-order valence-corrected chi connectivity index (χ3v) is 5.88. The highest BCUT2D eigenvalue weighted by Gasteiger charge is 2.16. The van der Waals surface area contributed by atoms with Crippen molar-refractivity contribution in [3.63, 3.8) is 0 Å². The van der Waals surface area contributed by atoms with E-state index in [1.165, 1.54) is 24.5 Å². The normalized spacial score (nSPS) is 11.1. The van der Waals surface area contributed by atoms with Crippen LogP contribution in [0.1, 0.15) is 5.56 Å². The molecule has 4 heterocycles. The standard InChI is InChI=1S/C22H19FN6O4S/c1-31-14-7-19(33-12-20(30)24-9-13-5-3-4-6-15(13)23)18-8-16(26-28(18)10-14)17-11-29-21(25-17)34-22(27-29)32-2/h3-8,10-11H,9,12H2,1-2H3,(H,24,30). The van der Waals surface area contributed by atoms with Gasteiger partial charge in [0.05, 0.1) is 26.6 Å². The summed E-state index contributed by atoms with van der Waals surface area (Å²) in [4.78, 5) is 17.5. The lowest BCUT2D eigenvalue weighted by atomic mass is 10.2. The molecule has 10 nitrogen and oxygen atoms in total. The van der Waals surface area contributed by atoms with Crippen molar-refractivity contribution in [3.05, 3.63) is 60.2 Å². The number of nitrogens with zero attached hydrogens (tertiary/aromatic N) is 5. The number of ether oxygens (including phenoxy) is 3. The monoisotopic (exact) mass is 482 g/mol. The molecule has 0 saturated carbocycles. The topological polar surface area (TPSA) is 104 Å². The molecular weight excluding hydrogens is 463 g/mol. The van der Waals surface area contributed by atoms with Crippen LogP contribution in [0, 0.1) is 5.82 Å². The van der Waals surface area contributed by atoms with E-state index in [0.29, 0.717) is 44.1 Å². The Morgan fingerprint density at radius 3 is 2.71 bits per heavy atom. The number of nitrogens with one attached hydrogen (secondary N) is 1. The maximum absolute atomic E-state index is 13.8. The van der Waals surface area contributed by atoms with Crippen LogP contribution in [0.3, 0.4) is 0 Å². The fraction of sp³-hybridized carbons (Fsp3) is 0.182. The Balaban J connectivity index is 1.35. The Kier molecular flexibility index (Phi) is 5.72. The summed E-state index contributed by atoms with van der Waals surface area (Å²) in [5.41, 5.74) is 2.24. The van der Waals surface area contributed by atoms with Crippen LogP contribution in [0.4, 0.5) is 4.39 Å². The second-order valence-corrected chi connectivity index (χ2v) is 8.10. The molecule has 4 aromatic heterocycles. The zero-order valence-electron chi connectivity index (χ0n) is 18.2. The first-order valence-corrected chi connectivity index (χ1v) is 11.0. The summed E-state index contributed by atoms with van der Waals surface area (Å²) in [5.74, 6) is 0.136. The Morgan fingerprint density at radius 2 is 1.94 bits per heavy atom. The lowest BCUT2D eigenvalue weighted by Gasteiger charge is -2.10. The summed E-state index contributed by atoms with van der Waals surface area (Å²) in [6.07, 6.45) is 3.45. The van der Waals surface area contributed by atoms with Gasteiger partial charge in [0.1, 0.15) is 34.2 Å². The van der Waals surface area contributed by atoms with E-state index in [1.807, 2.05) is 0 Å². The molecule has 1 N–H and O–H groups in total. The minimum Gasteiger partial charge on any atom is -0.495 e. The minimum absolute atomic E-state index is 0.0650. The van der Waals surface area contributed by atoms with Gasteiger partial charge >= 0.3 is 0 Å². The molecule has 0 aliphatic rings. The van der Waals surface area contributed by atoms with Crippen LogP contribution in [0.25, 0.3) is 21.9 Å². The quantitative estimate of drug-likeness (QED) is 0.363. The molecule has 0 aliphatic heterocycles. The van der Waals surface area contributed by atoms with Crippen LogP contribution in [0.15, 0.2) is 48.8 Å². The number of hydrogen-bond donors (Lipinski definition) is 1. The first-order valence-electron chi connectivity index (χ1n) is 10.1. The van der Waals surface area contributed by atoms with E-state index in [0.717, 1.165) is 0 Å². The van der Waals surface area contributed by atoms with Gasteiger partial charge < -0.3 is 19.5 Å². The SMILES string of the molecule is COc1cc(OCC(=O)NCc2ccccc2F)c2cc(-c3cn4nc(OC)sc4n3)nn2c1. The van der Waals surface area contributed by atoms with Gasteiger partial charge in [0.2, 0.25) is 4.96 Å². The van der Waals surface area contributed by atoms with Gasteiger partial charge in [0.25, 0.3) is 11.1 Å². The van der Waals surface area contributed by atoms with E-state index in [-0.39, 0.29) is 19.0 Å². The minimum atomic E-state index is -0.390. The molecule has 0 aliphatic carbocycles. The van der Waals surface area contributed by atoms with Crippen molar-refractivity contribution in [3.8, 4) is 28.1 Å². The van der Waals surface area contributed by atoms with Crippen LogP contribution in [-0.2, 0) is 11.3 Å². The molecule has 0 radical (unpaired) electrons. The summed E-state index contributed by atoms with van der Waals surface area (Å²) in [6.45, 7) is -0.197. The highest BCUT2D eigenvalue weighted by Crippen LogP contribution is 2.30. The van der Waals surface area contributed by atoms with Crippen molar-refractivity contribution < 1.29 is 23.4 Å². The van der Waals surface area contributed by atoms with E-state index in [4.69, 9.17) is 14.2 Å². The zero-order valence-corrected chi connectivity index (χ0v) is 19.0. The summed E-state index contributed by atoms with van der Waals surface area (Å²) in [6, 6.07) is 9.73. The van der Waals surface area contributed by atoms with Gasteiger partial charge in [0.15, 0.2) is 6.61 Å². The molecule has 1 amide bonds. The first-order chi connectivity index (χ1) is 16.5. The molecule has 0 unspecified atom stereocenters. The number of amides is 1. The third-order valence-electron chi connectivity index (χ3n) is 5.00. The molecule has 0 fully saturated rings. The number of halogens is 1. The summed E-state index contributed by atoms with van der Waals surface area (Å²) < 4.78 is 33.2. The van der Waals surface area contributed by atoms with E-state index >= 15 is 0 Å². The Morgan fingerprint density at radius 1 is 1.09 bits per heavy atom. The molecule has 5 aromatic rings. The Bertz CT molecular complexity index is 1460. The number of fused-ring (bicyclic) bond motifs is 2. The van der Waals surface area contributed by atoms with Crippen molar-refractivity contribution >= 4 is 27.7 Å². The lowest BCUT2D eigenvalue weighted by molar-refractivity contribution is -0.123. The molecule has 0 spiro atoms. The molecule has 5 rings (SSSR count). The van der Waals surface area contributed by atoms with E-state index in [1.54, 1.807) is 58.9 Å². The van der Waals surface area contributed by atoms with Gasteiger partial charge in [-0.2, -0.15) is 5.10 Å². The summed E-state index contributed by atoms with van der Waals surface area (Å²) >= 11 is 1.32. The first kappa shape index (κ1) is 21.6. The number of hydrogen-bond acceptors (Lipinski definition) is 8. The van der Waals surface area contributed by atoms with Crippen molar-refractivity contribution in [2.24, 2.45) is 0 Å². The van der Waals surface area contributed by atoms with Gasteiger partial charge in [-0.25, -0.2) is 18.4 Å². The average Bonchev–Trinajstić information content (AvgIpc) is 3.54. The maximum Gasteiger partial charge on any atom is 0.294 e. The van der Waals surface area contributed by atoms with Gasteiger partial charge in [-0.3, -0.25) is 4.79 Å². The molecule has 1 aromatic carbocycles. The van der Waals surface area contributed by atoms with Gasteiger partial charge in [-0.15, -0.1) is 5.10 Å². The number of benzene rings is 1. The van der Waals surface area contributed by atoms with Crippen LogP contribution >= 0.6 is 11.3 Å². The highest BCUT2D eigenvalue weighted by atomic mass is 32.1. The molecule has 0 bridgehead atoms. The van der Waals surface area contributed by atoms with Crippen molar-refractivity contribution in [2.75, 3.05) is 20.8 Å². The van der Waals surface area contributed by atoms with E-state index in [2.05, 4.69) is 20.5 Å². The molecule has 12 heteroatoms. The van der Waals surface area contributed by atoms with Crippen molar-refractivity contribution in [2.45, 2.75) is 6.54 Å². The average molecular weight is 482 g/mol. The highest BCUT2D eigenvalue weighted by molar-refractivity contribution is 7.18. The third kappa shape index (κ3) is 4.22. The smallest absolute Gasteiger partial charge is 0.294 e. The Hall–Kier alpha value is -4.19. The van der Waals surface area contributed by atoms with Crippen LogP contribution in [0.5, 0.6) is 16.7 Å². The van der Waals surface area contributed by atoms with Gasteiger partial charge in [0, 0.05) is 18.2 Å². The van der Waals surface area contributed by atoms with E-state index in [9.17, 15) is 9.18 Å². The molecule has 0 atom stereocenters. The van der Waals surface area contributed by atoms with Crippen molar-refractivity contribution in [1.29, 1.82) is 0 Å². The fourth-order valence-corrected chi connectivity index (χ4v) is 4.01. The maximum atomic E-state index is 13.8.